The van der Waals surface area contributed by atoms with E-state index in [0.717, 1.165) is 0 Å². The molecule has 1 aromatic heterocycles. The lowest BCUT2D eigenvalue weighted by atomic mass is 10.1. The predicted octanol–water partition coefficient (Wildman–Crippen LogP) is 2.14. The summed E-state index contributed by atoms with van der Waals surface area (Å²) >= 11 is 0. The van der Waals surface area contributed by atoms with E-state index >= 15 is 0 Å². The van der Waals surface area contributed by atoms with Crippen LogP contribution in [0.3, 0.4) is 0 Å². The van der Waals surface area contributed by atoms with Gasteiger partial charge >= 0.3 is 12.1 Å². The van der Waals surface area contributed by atoms with Gasteiger partial charge in [0.2, 0.25) is 5.91 Å². The minimum atomic E-state index is -0.704. The van der Waals surface area contributed by atoms with Gasteiger partial charge < -0.3 is 27.0 Å². The molecule has 6 N–H and O–H groups in total. The highest BCUT2D eigenvalue weighted by atomic mass is 16.2. The Kier molecular flexibility index (Phi) is 5.11. The molecule has 1 fully saturated rings. The number of primary amides is 1. The van der Waals surface area contributed by atoms with Gasteiger partial charge in [-0.3, -0.25) is 9.36 Å². The van der Waals surface area contributed by atoms with Crippen LogP contribution >= 0.6 is 0 Å². The number of aromatic nitrogens is 1. The molecule has 9 nitrogen and oxygen atoms in total. The molecule has 2 atom stereocenters. The zero-order chi connectivity index (χ0) is 21.3. The third kappa shape index (κ3) is 3.70. The van der Waals surface area contributed by atoms with E-state index in [2.05, 4.69) is 10.6 Å². The zero-order valence-electron chi connectivity index (χ0n) is 16.1. The predicted molar refractivity (Wildman–Crippen MR) is 114 cm³/mol. The highest BCUT2D eigenvalue weighted by molar-refractivity contribution is 6.06. The molecule has 0 bridgehead atoms. The molecule has 2 heterocycles. The quantitative estimate of drug-likeness (QED) is 0.530. The number of nitrogens with one attached hydrogen (secondary N) is 2. The van der Waals surface area contributed by atoms with Crippen molar-refractivity contribution in [3.63, 3.8) is 0 Å². The molecule has 0 spiro atoms. The first-order valence-corrected chi connectivity index (χ1v) is 9.53. The fourth-order valence-corrected chi connectivity index (χ4v) is 3.74. The van der Waals surface area contributed by atoms with Crippen LogP contribution in [0.1, 0.15) is 6.42 Å². The summed E-state index contributed by atoms with van der Waals surface area (Å²) < 4.78 is 1.26. The lowest BCUT2D eigenvalue weighted by Gasteiger charge is -2.24. The molecule has 154 valence electrons. The van der Waals surface area contributed by atoms with Crippen molar-refractivity contribution in [2.24, 2.45) is 11.5 Å². The Bertz CT molecular complexity index is 1110. The Morgan fingerprint density at radius 1 is 0.967 bits per heavy atom. The second-order valence-corrected chi connectivity index (χ2v) is 7.22. The van der Waals surface area contributed by atoms with E-state index in [1.807, 2.05) is 18.2 Å². The number of amides is 4. The van der Waals surface area contributed by atoms with Crippen molar-refractivity contribution in [3.05, 3.63) is 60.8 Å². The van der Waals surface area contributed by atoms with Gasteiger partial charge in [0.15, 0.2) is 0 Å². The number of likely N-dealkylation sites (tertiary alicyclic amines) is 1. The number of benzene rings is 2. The van der Waals surface area contributed by atoms with Gasteiger partial charge in [-0.2, -0.15) is 0 Å². The molecule has 2 aromatic carbocycles. The molecule has 3 aromatic rings. The zero-order valence-corrected chi connectivity index (χ0v) is 16.1. The number of nitrogens with two attached hydrogens (primary N) is 2. The van der Waals surface area contributed by atoms with E-state index in [9.17, 15) is 14.4 Å². The number of hydrogen-bond donors (Lipinski definition) is 4. The SMILES string of the molecule is NC(=O)n1cc(NC(=O)N2C[C@@H](N)C[C@H]2C(=O)Nc2ccccc2)c2ccccc21. The van der Waals surface area contributed by atoms with Gasteiger partial charge in [-0.25, -0.2) is 9.59 Å². The highest BCUT2D eigenvalue weighted by Gasteiger charge is 2.38. The molecule has 0 aliphatic carbocycles. The third-order valence-corrected chi connectivity index (χ3v) is 5.13. The van der Waals surface area contributed by atoms with E-state index in [-0.39, 0.29) is 18.5 Å². The number of para-hydroxylation sites is 2. The molecule has 0 saturated carbocycles. The van der Waals surface area contributed by atoms with E-state index in [1.54, 1.807) is 36.4 Å². The van der Waals surface area contributed by atoms with Crippen molar-refractivity contribution >= 4 is 40.2 Å². The lowest BCUT2D eigenvalue weighted by Crippen LogP contribution is -2.45. The largest absolute Gasteiger partial charge is 0.351 e. The van der Waals surface area contributed by atoms with Gasteiger partial charge in [-0.05, 0) is 24.6 Å². The second-order valence-electron chi connectivity index (χ2n) is 7.22. The summed E-state index contributed by atoms with van der Waals surface area (Å²) in [7, 11) is 0. The summed E-state index contributed by atoms with van der Waals surface area (Å²) in [6.07, 6.45) is 1.83. The summed E-state index contributed by atoms with van der Waals surface area (Å²) in [5, 5.41) is 6.28. The molecule has 1 saturated heterocycles. The number of carbonyl (C=O) groups is 3. The van der Waals surface area contributed by atoms with Crippen molar-refractivity contribution in [1.29, 1.82) is 0 Å². The van der Waals surface area contributed by atoms with Crippen LogP contribution in [-0.4, -0.2) is 46.1 Å². The Morgan fingerprint density at radius 3 is 2.40 bits per heavy atom. The molecular weight excluding hydrogens is 384 g/mol. The molecule has 9 heteroatoms. The summed E-state index contributed by atoms with van der Waals surface area (Å²) in [6.45, 7) is 0.243. The number of urea groups is 1. The van der Waals surface area contributed by atoms with Crippen molar-refractivity contribution in [2.75, 3.05) is 17.2 Å². The van der Waals surface area contributed by atoms with Crippen molar-refractivity contribution in [3.8, 4) is 0 Å². The van der Waals surface area contributed by atoms with Gasteiger partial charge in [-0.15, -0.1) is 0 Å². The summed E-state index contributed by atoms with van der Waals surface area (Å²) in [4.78, 5) is 38.9. The molecule has 0 radical (unpaired) electrons. The molecule has 30 heavy (non-hydrogen) atoms. The van der Waals surface area contributed by atoms with Gasteiger partial charge in [0.1, 0.15) is 6.04 Å². The van der Waals surface area contributed by atoms with Crippen LogP contribution in [0.2, 0.25) is 0 Å². The first-order valence-electron chi connectivity index (χ1n) is 9.53. The number of anilines is 2. The van der Waals surface area contributed by atoms with Gasteiger partial charge in [-0.1, -0.05) is 36.4 Å². The summed E-state index contributed by atoms with van der Waals surface area (Å²) in [5.41, 5.74) is 13.1. The van der Waals surface area contributed by atoms with E-state index in [0.29, 0.717) is 28.7 Å². The molecule has 0 unspecified atom stereocenters. The maximum absolute atomic E-state index is 13.0. The average molecular weight is 406 g/mol. The smallest absolute Gasteiger partial charge is 0.323 e. The lowest BCUT2D eigenvalue weighted by molar-refractivity contribution is -0.119. The van der Waals surface area contributed by atoms with Crippen molar-refractivity contribution < 1.29 is 14.4 Å². The summed E-state index contributed by atoms with van der Waals surface area (Å²) in [5.74, 6) is -0.302. The molecule has 4 amide bonds. The minimum Gasteiger partial charge on any atom is -0.351 e. The Morgan fingerprint density at radius 2 is 1.67 bits per heavy atom. The molecule has 1 aliphatic rings. The maximum Gasteiger partial charge on any atom is 0.323 e. The first kappa shape index (κ1) is 19.5. The van der Waals surface area contributed by atoms with Crippen LogP contribution in [-0.2, 0) is 4.79 Å². The average Bonchev–Trinajstić information content (AvgIpc) is 3.30. The number of hydrogen-bond acceptors (Lipinski definition) is 4. The van der Waals surface area contributed by atoms with E-state index in [1.165, 1.54) is 15.7 Å². The number of rotatable bonds is 3. The van der Waals surface area contributed by atoms with Gasteiger partial charge in [0, 0.05) is 29.9 Å². The van der Waals surface area contributed by atoms with Crippen LogP contribution in [0.25, 0.3) is 10.9 Å². The van der Waals surface area contributed by atoms with Crippen molar-refractivity contribution in [2.45, 2.75) is 18.5 Å². The number of fused-ring (bicyclic) bond motifs is 1. The Labute approximate surface area is 172 Å². The number of carbonyl (C=O) groups excluding carboxylic acids is 3. The van der Waals surface area contributed by atoms with Crippen LogP contribution in [0.5, 0.6) is 0 Å². The second kappa shape index (κ2) is 7.88. The monoisotopic (exact) mass is 406 g/mol. The maximum atomic E-state index is 13.0. The normalized spacial score (nSPS) is 18.4. The fourth-order valence-electron chi connectivity index (χ4n) is 3.74. The van der Waals surface area contributed by atoms with Crippen molar-refractivity contribution in [1.82, 2.24) is 9.47 Å². The summed E-state index contributed by atoms with van der Waals surface area (Å²) in [6, 6.07) is 14.0. The van der Waals surface area contributed by atoms with E-state index in [4.69, 9.17) is 11.5 Å². The van der Waals surface area contributed by atoms with Crippen LogP contribution in [0, 0.1) is 0 Å². The fraction of sp³-hybridized carbons (Fsp3) is 0.190. The van der Waals surface area contributed by atoms with Crippen LogP contribution in [0.15, 0.2) is 60.8 Å². The van der Waals surface area contributed by atoms with Crippen LogP contribution < -0.4 is 22.1 Å². The molecule has 4 rings (SSSR count). The van der Waals surface area contributed by atoms with Gasteiger partial charge in [0.05, 0.1) is 11.2 Å². The third-order valence-electron chi connectivity index (χ3n) is 5.13. The molecule has 1 aliphatic heterocycles. The minimum absolute atomic E-state index is 0.243. The van der Waals surface area contributed by atoms with E-state index < -0.39 is 18.1 Å². The Balaban J connectivity index is 1.55. The first-order chi connectivity index (χ1) is 14.4. The van der Waals surface area contributed by atoms with Gasteiger partial charge in [0.25, 0.3) is 0 Å². The molecular formula is C21H22N6O3. The number of nitrogens with zero attached hydrogens (tertiary/aromatic N) is 2. The standard InChI is InChI=1S/C21H22N6O3/c22-13-10-18(19(28)24-14-6-2-1-3-7-14)27(11-13)21(30)25-16-12-26(20(23)29)17-9-5-4-8-15(16)17/h1-9,12-13,18H,10-11,22H2,(H2,23,29)(H,24,28)(H,25,30)/t13-,18-/m0/s1. The Hall–Kier alpha value is -3.85. The van der Waals surface area contributed by atoms with Crippen LogP contribution in [0.4, 0.5) is 21.0 Å². The highest BCUT2D eigenvalue weighted by Crippen LogP contribution is 2.27. The topological polar surface area (TPSA) is 135 Å².